The first-order valence-corrected chi connectivity index (χ1v) is 4.85. The van der Waals surface area contributed by atoms with Crippen LogP contribution in [-0.4, -0.2) is 36.5 Å². The molecule has 1 aromatic rings. The van der Waals surface area contributed by atoms with Gasteiger partial charge in [0, 0.05) is 14.1 Å². The van der Waals surface area contributed by atoms with Crippen LogP contribution < -0.4 is 16.0 Å². The predicted octanol–water partition coefficient (Wildman–Crippen LogP) is 0.189. The van der Waals surface area contributed by atoms with Crippen LogP contribution in [0, 0.1) is 10.1 Å². The van der Waals surface area contributed by atoms with Gasteiger partial charge in [-0.2, -0.15) is 0 Å². The summed E-state index contributed by atoms with van der Waals surface area (Å²) in [6.07, 6.45) is 0. The van der Waals surface area contributed by atoms with Gasteiger partial charge >= 0.3 is 0 Å². The lowest BCUT2D eigenvalue weighted by Crippen LogP contribution is -2.26. The van der Waals surface area contributed by atoms with E-state index in [2.05, 4.69) is 20.9 Å². The third-order valence-corrected chi connectivity index (χ3v) is 1.99. The molecule has 1 rings (SSSR count). The summed E-state index contributed by atoms with van der Waals surface area (Å²) in [4.78, 5) is 25.2. The highest BCUT2D eigenvalue weighted by Gasteiger charge is 2.10. The average molecular weight is 239 g/mol. The zero-order chi connectivity index (χ0) is 12.8. The Hall–Kier alpha value is -2.38. The zero-order valence-corrected chi connectivity index (χ0v) is 9.48. The molecule has 1 amide bonds. The predicted molar refractivity (Wildman–Crippen MR) is 63.0 cm³/mol. The van der Waals surface area contributed by atoms with Crippen molar-refractivity contribution in [3.8, 4) is 0 Å². The zero-order valence-electron chi connectivity index (χ0n) is 9.48. The molecule has 8 nitrogen and oxygen atoms in total. The maximum atomic E-state index is 11.0. The van der Waals surface area contributed by atoms with Gasteiger partial charge < -0.3 is 16.0 Å². The molecule has 17 heavy (non-hydrogen) atoms. The van der Waals surface area contributed by atoms with Gasteiger partial charge in [0.05, 0.1) is 23.6 Å². The van der Waals surface area contributed by atoms with Crippen molar-refractivity contribution in [2.24, 2.45) is 0 Å². The first kappa shape index (κ1) is 12.7. The smallest absolute Gasteiger partial charge is 0.276 e. The van der Waals surface area contributed by atoms with E-state index in [4.69, 9.17) is 0 Å². The molecule has 0 bridgehead atoms. The minimum atomic E-state index is -0.520. The monoisotopic (exact) mass is 239 g/mol. The number of carbonyl (C=O) groups excluding carboxylic acids is 1. The van der Waals surface area contributed by atoms with Crippen molar-refractivity contribution in [1.82, 2.24) is 10.3 Å². The van der Waals surface area contributed by atoms with Crippen molar-refractivity contribution < 1.29 is 9.72 Å². The third-order valence-electron chi connectivity index (χ3n) is 1.99. The largest absolute Gasteiger partial charge is 0.373 e. The van der Waals surface area contributed by atoms with E-state index in [1.54, 1.807) is 7.05 Å². The van der Waals surface area contributed by atoms with Gasteiger partial charge in [0.25, 0.3) is 5.69 Å². The van der Waals surface area contributed by atoms with Gasteiger partial charge in [0.2, 0.25) is 5.91 Å². The summed E-state index contributed by atoms with van der Waals surface area (Å²) in [6.45, 7) is 0.00776. The van der Waals surface area contributed by atoms with Gasteiger partial charge in [-0.15, -0.1) is 0 Å². The Morgan fingerprint density at radius 1 is 1.41 bits per heavy atom. The molecule has 0 saturated heterocycles. The Morgan fingerprint density at radius 3 is 2.59 bits per heavy atom. The van der Waals surface area contributed by atoms with Gasteiger partial charge in [-0.3, -0.25) is 14.9 Å². The van der Waals surface area contributed by atoms with Crippen molar-refractivity contribution in [2.75, 3.05) is 31.3 Å². The third kappa shape index (κ3) is 3.59. The molecular formula is C9H13N5O3. The van der Waals surface area contributed by atoms with Gasteiger partial charge in [0.1, 0.15) is 11.6 Å². The highest BCUT2D eigenvalue weighted by Crippen LogP contribution is 2.19. The van der Waals surface area contributed by atoms with E-state index in [0.29, 0.717) is 5.82 Å². The van der Waals surface area contributed by atoms with Crippen LogP contribution in [0.3, 0.4) is 0 Å². The molecule has 0 saturated carbocycles. The fourth-order valence-corrected chi connectivity index (χ4v) is 1.10. The van der Waals surface area contributed by atoms with Crippen molar-refractivity contribution in [1.29, 1.82) is 0 Å². The van der Waals surface area contributed by atoms with Crippen LogP contribution in [0.1, 0.15) is 0 Å². The molecule has 0 aromatic carbocycles. The molecule has 0 spiro atoms. The number of pyridine rings is 1. The first-order chi connectivity index (χ1) is 8.06. The van der Waals surface area contributed by atoms with Crippen molar-refractivity contribution in [2.45, 2.75) is 0 Å². The first-order valence-electron chi connectivity index (χ1n) is 4.85. The number of carbonyl (C=O) groups is 1. The molecule has 1 aromatic heterocycles. The number of amides is 1. The molecule has 0 atom stereocenters. The van der Waals surface area contributed by atoms with Crippen LogP contribution >= 0.6 is 0 Å². The van der Waals surface area contributed by atoms with Gasteiger partial charge in [-0.25, -0.2) is 4.98 Å². The normalized spacial score (nSPS) is 9.53. The average Bonchev–Trinajstić information content (AvgIpc) is 2.35. The van der Waals surface area contributed by atoms with Crippen LogP contribution in [-0.2, 0) is 4.79 Å². The number of aromatic nitrogens is 1. The number of hydrogen-bond acceptors (Lipinski definition) is 6. The summed E-state index contributed by atoms with van der Waals surface area (Å²) in [7, 11) is 3.11. The summed E-state index contributed by atoms with van der Waals surface area (Å²) < 4.78 is 0. The second kappa shape index (κ2) is 5.64. The fraction of sp³-hybridized carbons (Fsp3) is 0.333. The number of rotatable bonds is 5. The Kier molecular flexibility index (Phi) is 4.21. The van der Waals surface area contributed by atoms with Crippen LogP contribution in [0.5, 0.6) is 0 Å². The highest BCUT2D eigenvalue weighted by atomic mass is 16.6. The summed E-state index contributed by atoms with van der Waals surface area (Å²) in [5, 5.41) is 18.5. The minimum absolute atomic E-state index is 0.00776. The summed E-state index contributed by atoms with van der Waals surface area (Å²) in [5.74, 6) is 0.398. The van der Waals surface area contributed by atoms with Crippen LogP contribution in [0.25, 0.3) is 0 Å². The Bertz CT molecular complexity index is 435. The lowest BCUT2D eigenvalue weighted by Gasteiger charge is -2.06. The molecule has 0 aliphatic rings. The standard InChI is InChI=1S/C9H13N5O3/c1-10-7-3-6(14(16)17)4-8(13-7)12-5-9(15)11-2/h3-4H,5H2,1-2H3,(H,11,15)(H2,10,12,13). The van der Waals surface area contributed by atoms with Crippen LogP contribution in [0.2, 0.25) is 0 Å². The van der Waals surface area contributed by atoms with E-state index in [9.17, 15) is 14.9 Å². The number of anilines is 2. The number of nitrogens with zero attached hydrogens (tertiary/aromatic N) is 2. The SMILES string of the molecule is CNC(=O)CNc1cc([N+](=O)[O-])cc(NC)n1. The molecule has 3 N–H and O–H groups in total. The Balaban J connectivity index is 2.87. The number of nitrogens with one attached hydrogen (secondary N) is 3. The van der Waals surface area contributed by atoms with Crippen molar-refractivity contribution >= 4 is 23.2 Å². The summed E-state index contributed by atoms with van der Waals surface area (Å²) in [6, 6.07) is 2.58. The second-order valence-corrected chi connectivity index (χ2v) is 3.13. The van der Waals surface area contributed by atoms with E-state index >= 15 is 0 Å². The highest BCUT2D eigenvalue weighted by molar-refractivity contribution is 5.80. The molecule has 0 aliphatic carbocycles. The van der Waals surface area contributed by atoms with Crippen molar-refractivity contribution in [3.05, 3.63) is 22.2 Å². The summed E-state index contributed by atoms with van der Waals surface area (Å²) in [5.41, 5.74) is -0.0937. The Labute approximate surface area is 97.6 Å². The Morgan fingerprint density at radius 2 is 2.06 bits per heavy atom. The van der Waals surface area contributed by atoms with Gasteiger partial charge in [-0.1, -0.05) is 0 Å². The molecule has 8 heteroatoms. The minimum Gasteiger partial charge on any atom is -0.373 e. The maximum Gasteiger partial charge on any atom is 0.276 e. The van der Waals surface area contributed by atoms with Gasteiger partial charge in [-0.05, 0) is 0 Å². The maximum absolute atomic E-state index is 11.0. The van der Waals surface area contributed by atoms with E-state index < -0.39 is 4.92 Å². The molecular weight excluding hydrogens is 226 g/mol. The number of likely N-dealkylation sites (N-methyl/N-ethyl adjacent to an activating group) is 1. The topological polar surface area (TPSA) is 109 Å². The van der Waals surface area contributed by atoms with Crippen molar-refractivity contribution in [3.63, 3.8) is 0 Å². The van der Waals surface area contributed by atoms with E-state index in [0.717, 1.165) is 0 Å². The quantitative estimate of drug-likeness (QED) is 0.500. The van der Waals surface area contributed by atoms with Gasteiger partial charge in [0.15, 0.2) is 0 Å². The van der Waals surface area contributed by atoms with E-state index in [1.807, 2.05) is 0 Å². The fourth-order valence-electron chi connectivity index (χ4n) is 1.10. The molecule has 0 unspecified atom stereocenters. The molecule has 0 radical (unpaired) electrons. The second-order valence-electron chi connectivity index (χ2n) is 3.13. The summed E-state index contributed by atoms with van der Waals surface area (Å²) >= 11 is 0. The van der Waals surface area contributed by atoms with Crippen LogP contribution in [0.15, 0.2) is 12.1 Å². The molecule has 0 aliphatic heterocycles. The lowest BCUT2D eigenvalue weighted by molar-refractivity contribution is -0.384. The number of nitro groups is 1. The molecule has 1 heterocycles. The number of hydrogen-bond donors (Lipinski definition) is 3. The lowest BCUT2D eigenvalue weighted by atomic mass is 10.3. The van der Waals surface area contributed by atoms with E-state index in [-0.39, 0.29) is 24.0 Å². The molecule has 0 fully saturated rings. The van der Waals surface area contributed by atoms with Crippen LogP contribution in [0.4, 0.5) is 17.3 Å². The molecule has 92 valence electrons. The van der Waals surface area contributed by atoms with E-state index in [1.165, 1.54) is 19.2 Å².